The van der Waals surface area contributed by atoms with Crippen LogP contribution in [-0.2, 0) is 6.42 Å². The van der Waals surface area contributed by atoms with Crippen LogP contribution in [0.3, 0.4) is 0 Å². The lowest BCUT2D eigenvalue weighted by molar-refractivity contribution is 0.190. The molecule has 0 spiro atoms. The summed E-state index contributed by atoms with van der Waals surface area (Å²) in [5.41, 5.74) is 2.06. The molecule has 0 bridgehead atoms. The van der Waals surface area contributed by atoms with Crippen LogP contribution in [-0.4, -0.2) is 34.3 Å². The van der Waals surface area contributed by atoms with Gasteiger partial charge in [0.05, 0.1) is 21.4 Å². The minimum absolute atomic E-state index is 0.556. The number of halogens is 2. The molecule has 5 heteroatoms. The van der Waals surface area contributed by atoms with Crippen LogP contribution in [0, 0.1) is 0 Å². The van der Waals surface area contributed by atoms with Crippen molar-refractivity contribution in [2.75, 3.05) is 13.6 Å². The number of aryl methyl sites for hydroxylation is 1. The fourth-order valence-corrected chi connectivity index (χ4v) is 3.77. The Labute approximate surface area is 154 Å². The minimum atomic E-state index is 0.556. The molecule has 3 nitrogen and oxygen atoms in total. The maximum absolute atomic E-state index is 6.08. The fraction of sp³-hybridized carbons (Fsp3) is 0.526. The number of hydrogen-bond acceptors (Lipinski definition) is 2. The average molecular weight is 366 g/mol. The van der Waals surface area contributed by atoms with E-state index in [1.54, 1.807) is 6.07 Å². The van der Waals surface area contributed by atoms with Crippen LogP contribution in [0.25, 0.3) is 5.69 Å². The molecular formula is C19H25Cl2N3. The summed E-state index contributed by atoms with van der Waals surface area (Å²) >= 11 is 12.1. The van der Waals surface area contributed by atoms with Crippen molar-refractivity contribution < 1.29 is 0 Å². The van der Waals surface area contributed by atoms with Crippen LogP contribution < -0.4 is 0 Å². The first-order chi connectivity index (χ1) is 11.6. The Morgan fingerprint density at radius 1 is 1.12 bits per heavy atom. The predicted molar refractivity (Wildman–Crippen MR) is 101 cm³/mol. The SMILES string of the molecule is CN(CCCc1ccn(-c2ccc(Cl)c(Cl)c2)n1)C1CCCCC1. The zero-order chi connectivity index (χ0) is 16.9. The van der Waals surface area contributed by atoms with E-state index in [0.717, 1.165) is 36.8 Å². The molecule has 0 radical (unpaired) electrons. The second kappa shape index (κ2) is 8.37. The molecule has 1 aliphatic rings. The van der Waals surface area contributed by atoms with Gasteiger partial charge in [0.1, 0.15) is 0 Å². The zero-order valence-corrected chi connectivity index (χ0v) is 15.7. The largest absolute Gasteiger partial charge is 0.303 e. The van der Waals surface area contributed by atoms with E-state index in [2.05, 4.69) is 23.1 Å². The lowest BCUT2D eigenvalue weighted by Crippen LogP contribution is -2.34. The van der Waals surface area contributed by atoms with E-state index < -0.39 is 0 Å². The summed E-state index contributed by atoms with van der Waals surface area (Å²) in [5, 5.41) is 5.78. The molecule has 1 aromatic heterocycles. The van der Waals surface area contributed by atoms with Gasteiger partial charge in [0, 0.05) is 12.2 Å². The second-order valence-electron chi connectivity index (χ2n) is 6.73. The number of aromatic nitrogens is 2. The van der Waals surface area contributed by atoms with E-state index in [0.29, 0.717) is 10.0 Å². The molecule has 1 aliphatic carbocycles. The molecule has 130 valence electrons. The first-order valence-corrected chi connectivity index (χ1v) is 9.59. The molecule has 0 saturated heterocycles. The highest BCUT2D eigenvalue weighted by Gasteiger charge is 2.17. The number of hydrogen-bond donors (Lipinski definition) is 0. The van der Waals surface area contributed by atoms with E-state index in [-0.39, 0.29) is 0 Å². The molecule has 0 aliphatic heterocycles. The third kappa shape index (κ3) is 4.53. The second-order valence-corrected chi connectivity index (χ2v) is 7.54. The van der Waals surface area contributed by atoms with Crippen molar-refractivity contribution in [3.05, 3.63) is 46.2 Å². The van der Waals surface area contributed by atoms with Gasteiger partial charge in [-0.1, -0.05) is 42.5 Å². The summed E-state index contributed by atoms with van der Waals surface area (Å²) in [6.45, 7) is 1.14. The van der Waals surface area contributed by atoms with Gasteiger partial charge in [0.2, 0.25) is 0 Å². The van der Waals surface area contributed by atoms with E-state index >= 15 is 0 Å². The smallest absolute Gasteiger partial charge is 0.0661 e. The van der Waals surface area contributed by atoms with Gasteiger partial charge >= 0.3 is 0 Å². The molecule has 1 aromatic carbocycles. The van der Waals surface area contributed by atoms with Gasteiger partial charge in [-0.25, -0.2) is 4.68 Å². The molecule has 3 rings (SSSR count). The summed E-state index contributed by atoms with van der Waals surface area (Å²) in [5.74, 6) is 0. The molecule has 0 N–H and O–H groups in total. The monoisotopic (exact) mass is 365 g/mol. The van der Waals surface area contributed by atoms with Gasteiger partial charge in [0.25, 0.3) is 0 Å². The normalized spacial score (nSPS) is 16.0. The first-order valence-electron chi connectivity index (χ1n) is 8.84. The molecule has 1 saturated carbocycles. The molecule has 0 unspecified atom stereocenters. The summed E-state index contributed by atoms with van der Waals surface area (Å²) in [4.78, 5) is 2.54. The number of nitrogens with zero attached hydrogens (tertiary/aromatic N) is 3. The van der Waals surface area contributed by atoms with Gasteiger partial charge in [-0.3, -0.25) is 0 Å². The number of benzene rings is 1. The van der Waals surface area contributed by atoms with Crippen LogP contribution in [0.4, 0.5) is 0 Å². The summed E-state index contributed by atoms with van der Waals surface area (Å²) in [7, 11) is 2.27. The standard InChI is InChI=1S/C19H25Cl2N3/c1-23(16-7-3-2-4-8-16)12-5-6-15-11-13-24(22-15)17-9-10-18(20)19(21)14-17/h9-11,13-14,16H,2-8,12H2,1H3. The quantitative estimate of drug-likeness (QED) is 0.685. The zero-order valence-electron chi connectivity index (χ0n) is 14.2. The van der Waals surface area contributed by atoms with Crippen molar-refractivity contribution in [3.63, 3.8) is 0 Å². The van der Waals surface area contributed by atoms with Crippen LogP contribution in [0.5, 0.6) is 0 Å². The number of rotatable bonds is 6. The van der Waals surface area contributed by atoms with Gasteiger partial charge in [-0.15, -0.1) is 0 Å². The predicted octanol–water partition coefficient (Wildman–Crippen LogP) is 5.38. The molecular weight excluding hydrogens is 341 g/mol. The molecule has 0 atom stereocenters. The maximum Gasteiger partial charge on any atom is 0.0661 e. The van der Waals surface area contributed by atoms with Crippen LogP contribution in [0.15, 0.2) is 30.5 Å². The van der Waals surface area contributed by atoms with Gasteiger partial charge < -0.3 is 4.90 Å². The molecule has 1 fully saturated rings. The third-order valence-corrected chi connectivity index (χ3v) is 5.69. The van der Waals surface area contributed by atoms with Gasteiger partial charge in [-0.05, 0) is 63.5 Å². The highest BCUT2D eigenvalue weighted by Crippen LogP contribution is 2.24. The minimum Gasteiger partial charge on any atom is -0.303 e. The van der Waals surface area contributed by atoms with Gasteiger partial charge in [-0.2, -0.15) is 5.10 Å². The molecule has 2 aromatic rings. The fourth-order valence-electron chi connectivity index (χ4n) is 3.48. The van der Waals surface area contributed by atoms with E-state index in [9.17, 15) is 0 Å². The Morgan fingerprint density at radius 2 is 1.92 bits per heavy atom. The van der Waals surface area contributed by atoms with Crippen molar-refractivity contribution in [3.8, 4) is 5.69 Å². The molecule has 1 heterocycles. The lowest BCUT2D eigenvalue weighted by Gasteiger charge is -2.31. The van der Waals surface area contributed by atoms with Crippen LogP contribution in [0.1, 0.15) is 44.2 Å². The first kappa shape index (κ1) is 17.8. The lowest BCUT2D eigenvalue weighted by atomic mass is 9.94. The molecule has 0 amide bonds. The maximum atomic E-state index is 6.08. The van der Waals surface area contributed by atoms with Crippen molar-refractivity contribution in [1.82, 2.24) is 14.7 Å². The summed E-state index contributed by atoms with van der Waals surface area (Å²) in [6, 6.07) is 8.45. The highest BCUT2D eigenvalue weighted by atomic mass is 35.5. The average Bonchev–Trinajstić information content (AvgIpc) is 3.07. The summed E-state index contributed by atoms with van der Waals surface area (Å²) in [6.07, 6.45) is 11.1. The Hall–Kier alpha value is -1.03. The van der Waals surface area contributed by atoms with Crippen molar-refractivity contribution >= 4 is 23.2 Å². The van der Waals surface area contributed by atoms with E-state index in [1.165, 1.54) is 32.1 Å². The van der Waals surface area contributed by atoms with Crippen LogP contribution in [0.2, 0.25) is 10.0 Å². The Morgan fingerprint density at radius 3 is 2.67 bits per heavy atom. The Balaban J connectivity index is 1.51. The van der Waals surface area contributed by atoms with E-state index in [1.807, 2.05) is 23.0 Å². The Bertz CT molecular complexity index is 662. The Kier molecular flexibility index (Phi) is 6.20. The van der Waals surface area contributed by atoms with Crippen LogP contribution >= 0.6 is 23.2 Å². The van der Waals surface area contributed by atoms with Crippen molar-refractivity contribution in [2.45, 2.75) is 51.0 Å². The van der Waals surface area contributed by atoms with Crippen molar-refractivity contribution in [2.24, 2.45) is 0 Å². The topological polar surface area (TPSA) is 21.1 Å². The molecule has 24 heavy (non-hydrogen) atoms. The van der Waals surface area contributed by atoms with Gasteiger partial charge in [0.15, 0.2) is 0 Å². The van der Waals surface area contributed by atoms with Crippen molar-refractivity contribution in [1.29, 1.82) is 0 Å². The summed E-state index contributed by atoms with van der Waals surface area (Å²) < 4.78 is 1.86. The highest BCUT2D eigenvalue weighted by molar-refractivity contribution is 6.42. The third-order valence-electron chi connectivity index (χ3n) is 4.95. The van der Waals surface area contributed by atoms with E-state index in [4.69, 9.17) is 23.2 Å².